The molecule has 1 saturated heterocycles. The van der Waals surface area contributed by atoms with Gasteiger partial charge in [0.05, 0.1) is 12.7 Å². The van der Waals surface area contributed by atoms with Gasteiger partial charge in [0.1, 0.15) is 0 Å². The molecule has 130 valence electrons. The molecule has 3 rings (SSSR count). The quantitative estimate of drug-likeness (QED) is 0.878. The molecule has 1 atom stereocenters. The van der Waals surface area contributed by atoms with Crippen LogP contribution in [0.5, 0.6) is 0 Å². The molecule has 0 saturated carbocycles. The molecule has 2 aromatic carbocycles. The van der Waals surface area contributed by atoms with Gasteiger partial charge in [0, 0.05) is 6.42 Å². The number of carbonyl (C=O) groups excluding carboxylic acids is 1. The average Bonchev–Trinajstić information content (AvgIpc) is 2.93. The average molecular weight is 334 g/mol. The molecule has 1 aliphatic heterocycles. The second-order valence-electron chi connectivity index (χ2n) is 6.72. The van der Waals surface area contributed by atoms with Crippen molar-refractivity contribution in [2.24, 2.45) is 0 Å². The number of nitrogens with one attached hydrogen (secondary N) is 1. The maximum absolute atomic E-state index is 11.5. The second-order valence-corrected chi connectivity index (χ2v) is 6.72. The van der Waals surface area contributed by atoms with E-state index in [2.05, 4.69) is 77.8 Å². The number of amides is 1. The number of hydrogen-bond acceptors (Lipinski definition) is 2. The molecule has 0 radical (unpaired) electrons. The van der Waals surface area contributed by atoms with Gasteiger partial charge in [0.25, 0.3) is 0 Å². The van der Waals surface area contributed by atoms with Gasteiger partial charge in [-0.1, -0.05) is 67.6 Å². The fourth-order valence-corrected chi connectivity index (χ4v) is 3.17. The van der Waals surface area contributed by atoms with E-state index in [0.29, 0.717) is 6.54 Å². The summed E-state index contributed by atoms with van der Waals surface area (Å²) in [6, 6.07) is 17.4. The van der Waals surface area contributed by atoms with Crippen molar-refractivity contribution in [3.05, 3.63) is 76.9 Å². The Kier molecular flexibility index (Phi) is 5.67. The van der Waals surface area contributed by atoms with Crippen molar-refractivity contribution < 1.29 is 4.79 Å². The van der Waals surface area contributed by atoms with Gasteiger partial charge in [0.15, 0.2) is 0 Å². The Morgan fingerprint density at radius 2 is 1.88 bits per heavy atom. The molecule has 0 aliphatic carbocycles. The lowest BCUT2D eigenvalue weighted by atomic mass is 10.0. The lowest BCUT2D eigenvalue weighted by Gasteiger charge is -2.18. The summed E-state index contributed by atoms with van der Waals surface area (Å²) in [5.74, 6) is 0.109. The molecule has 1 fully saturated rings. The Labute approximate surface area is 150 Å². The number of rotatable bonds is 6. The van der Waals surface area contributed by atoms with Crippen molar-refractivity contribution in [2.45, 2.75) is 32.4 Å². The van der Waals surface area contributed by atoms with E-state index in [9.17, 15) is 4.79 Å². The molecule has 0 bridgehead atoms. The first-order valence-electron chi connectivity index (χ1n) is 8.97. The number of carbonyl (C=O) groups is 1. The number of benzene rings is 2. The van der Waals surface area contributed by atoms with Crippen LogP contribution < -0.4 is 5.32 Å². The topological polar surface area (TPSA) is 32.3 Å². The summed E-state index contributed by atoms with van der Waals surface area (Å²) in [6.07, 6.45) is 7.35. The van der Waals surface area contributed by atoms with E-state index in [-0.39, 0.29) is 12.1 Å². The molecule has 3 nitrogen and oxygen atoms in total. The smallest absolute Gasteiger partial charge is 0.235 e. The third-order valence-corrected chi connectivity index (χ3v) is 4.73. The van der Waals surface area contributed by atoms with E-state index >= 15 is 0 Å². The third-order valence-electron chi connectivity index (χ3n) is 4.73. The Bertz CT molecular complexity index is 749. The van der Waals surface area contributed by atoms with Crippen LogP contribution in [0.15, 0.2) is 54.6 Å². The minimum Gasteiger partial charge on any atom is -0.339 e. The molecule has 0 spiro atoms. The molecular formula is C22H26N2O. The Morgan fingerprint density at radius 1 is 1.12 bits per heavy atom. The van der Waals surface area contributed by atoms with E-state index in [1.54, 1.807) is 0 Å². The molecular weight excluding hydrogens is 308 g/mol. The van der Waals surface area contributed by atoms with Gasteiger partial charge in [-0.2, -0.15) is 0 Å². The first kappa shape index (κ1) is 17.4. The van der Waals surface area contributed by atoms with Crippen LogP contribution in [0.3, 0.4) is 0 Å². The maximum atomic E-state index is 11.5. The van der Waals surface area contributed by atoms with E-state index < -0.39 is 0 Å². The first-order valence-corrected chi connectivity index (χ1v) is 8.97. The van der Waals surface area contributed by atoms with Gasteiger partial charge in [-0.3, -0.25) is 9.69 Å². The zero-order valence-electron chi connectivity index (χ0n) is 15.0. The van der Waals surface area contributed by atoms with Crippen LogP contribution >= 0.6 is 0 Å². The van der Waals surface area contributed by atoms with E-state index in [1.807, 2.05) is 7.05 Å². The van der Waals surface area contributed by atoms with Crippen molar-refractivity contribution in [2.75, 3.05) is 13.6 Å². The Balaban J connectivity index is 1.60. The summed E-state index contributed by atoms with van der Waals surface area (Å²) in [7, 11) is 1.98. The Morgan fingerprint density at radius 3 is 2.56 bits per heavy atom. The van der Waals surface area contributed by atoms with Gasteiger partial charge in [-0.15, -0.1) is 0 Å². The highest BCUT2D eigenvalue weighted by Gasteiger charge is 2.26. The minimum absolute atomic E-state index is 0.101. The van der Waals surface area contributed by atoms with Gasteiger partial charge < -0.3 is 5.32 Å². The number of aryl methyl sites for hydroxylation is 1. The van der Waals surface area contributed by atoms with Crippen molar-refractivity contribution >= 4 is 12.0 Å². The molecule has 1 aliphatic rings. The summed E-state index contributed by atoms with van der Waals surface area (Å²) >= 11 is 0. The van der Waals surface area contributed by atoms with Gasteiger partial charge in [-0.25, -0.2) is 0 Å². The fourth-order valence-electron chi connectivity index (χ4n) is 3.17. The summed E-state index contributed by atoms with van der Waals surface area (Å²) in [5, 5.41) is 3.01. The summed E-state index contributed by atoms with van der Waals surface area (Å²) in [6.45, 7) is 2.66. The normalized spacial score (nSPS) is 18.0. The van der Waals surface area contributed by atoms with Crippen LogP contribution in [-0.4, -0.2) is 30.6 Å². The van der Waals surface area contributed by atoms with Crippen LogP contribution in [0.25, 0.3) is 6.08 Å². The number of nitrogens with zero attached hydrogens (tertiary/aromatic N) is 1. The molecule has 1 N–H and O–H groups in total. The zero-order valence-corrected chi connectivity index (χ0v) is 15.0. The molecule has 2 aromatic rings. The zero-order chi connectivity index (χ0) is 17.6. The molecule has 1 heterocycles. The van der Waals surface area contributed by atoms with Gasteiger partial charge >= 0.3 is 0 Å². The molecule has 25 heavy (non-hydrogen) atoms. The third kappa shape index (κ3) is 4.80. The highest BCUT2D eigenvalue weighted by Crippen LogP contribution is 2.14. The van der Waals surface area contributed by atoms with Crippen molar-refractivity contribution in [1.29, 1.82) is 0 Å². The van der Waals surface area contributed by atoms with E-state index in [0.717, 1.165) is 19.3 Å². The van der Waals surface area contributed by atoms with Crippen LogP contribution in [0.1, 0.15) is 29.2 Å². The fraction of sp³-hybridized carbons (Fsp3) is 0.318. The molecule has 1 amide bonds. The first-order chi connectivity index (χ1) is 12.1. The van der Waals surface area contributed by atoms with Crippen molar-refractivity contribution in [1.82, 2.24) is 10.2 Å². The van der Waals surface area contributed by atoms with E-state index in [1.165, 1.54) is 22.3 Å². The molecule has 3 heteroatoms. The standard InChI is InChI=1S/C22H26N2O/c1-3-17-10-12-18(13-11-17)6-4-7-19-8-5-9-20(14-19)15-21-23-22(25)16-24(21)2/h4-5,7-14,21H,3,6,15-16H2,1-2H3,(H,23,25). The highest BCUT2D eigenvalue weighted by atomic mass is 16.2. The lowest BCUT2D eigenvalue weighted by Crippen LogP contribution is -2.35. The van der Waals surface area contributed by atoms with E-state index in [4.69, 9.17) is 0 Å². The number of likely N-dealkylation sites (N-methyl/N-ethyl adjacent to an activating group) is 1. The number of hydrogen-bond donors (Lipinski definition) is 1. The van der Waals surface area contributed by atoms with Crippen LogP contribution in [0.2, 0.25) is 0 Å². The monoisotopic (exact) mass is 334 g/mol. The largest absolute Gasteiger partial charge is 0.339 e. The van der Waals surface area contributed by atoms with Crippen molar-refractivity contribution in [3.63, 3.8) is 0 Å². The lowest BCUT2D eigenvalue weighted by molar-refractivity contribution is -0.118. The SMILES string of the molecule is CCc1ccc(CC=Cc2cccc(CC3NC(=O)CN3C)c2)cc1. The second kappa shape index (κ2) is 8.13. The predicted molar refractivity (Wildman–Crippen MR) is 103 cm³/mol. The maximum Gasteiger partial charge on any atom is 0.235 e. The molecule has 1 unspecified atom stereocenters. The minimum atomic E-state index is 0.101. The summed E-state index contributed by atoms with van der Waals surface area (Å²) in [5.41, 5.74) is 5.16. The highest BCUT2D eigenvalue weighted by molar-refractivity contribution is 5.80. The van der Waals surface area contributed by atoms with Crippen LogP contribution in [0, 0.1) is 0 Å². The predicted octanol–water partition coefficient (Wildman–Crippen LogP) is 3.44. The van der Waals surface area contributed by atoms with Gasteiger partial charge in [-0.05, 0) is 42.1 Å². The number of allylic oxidation sites excluding steroid dienone is 1. The summed E-state index contributed by atoms with van der Waals surface area (Å²) in [4.78, 5) is 13.5. The molecule has 0 aromatic heterocycles. The van der Waals surface area contributed by atoms with Gasteiger partial charge in [0.2, 0.25) is 5.91 Å². The Hall–Kier alpha value is -2.39. The van der Waals surface area contributed by atoms with Crippen LogP contribution in [0.4, 0.5) is 0 Å². The van der Waals surface area contributed by atoms with Crippen LogP contribution in [-0.2, 0) is 24.1 Å². The van der Waals surface area contributed by atoms with Crippen molar-refractivity contribution in [3.8, 4) is 0 Å². The summed E-state index contributed by atoms with van der Waals surface area (Å²) < 4.78 is 0.